The number of aryl methyl sites for hydroxylation is 1. The van der Waals surface area contributed by atoms with Gasteiger partial charge in [-0.1, -0.05) is 18.3 Å². The van der Waals surface area contributed by atoms with Crippen LogP contribution in [0.2, 0.25) is 0 Å². The molecule has 88 valence electrons. The van der Waals surface area contributed by atoms with E-state index in [1.165, 1.54) is 11.3 Å². The largest absolute Gasteiger partial charge is 0.325 e. The highest BCUT2D eigenvalue weighted by Gasteiger charge is 2.13. The summed E-state index contributed by atoms with van der Waals surface area (Å²) in [4.78, 5) is 5.21. The molecule has 0 aromatic carbocycles. The molecule has 17 heavy (non-hydrogen) atoms. The molecule has 0 amide bonds. The second kappa shape index (κ2) is 4.13. The summed E-state index contributed by atoms with van der Waals surface area (Å²) >= 11 is 3.04. The molecule has 3 aromatic heterocycles. The van der Waals surface area contributed by atoms with Crippen LogP contribution in [0.3, 0.4) is 0 Å². The van der Waals surface area contributed by atoms with Gasteiger partial charge < -0.3 is 5.73 Å². The van der Waals surface area contributed by atoms with Gasteiger partial charge in [0.25, 0.3) is 0 Å². The molecule has 0 spiro atoms. The van der Waals surface area contributed by atoms with Gasteiger partial charge in [-0.3, -0.25) is 0 Å². The molecule has 0 atom stereocenters. The minimum Gasteiger partial charge on any atom is -0.325 e. The normalized spacial score (nSPS) is 11.4. The van der Waals surface area contributed by atoms with E-state index in [4.69, 9.17) is 5.73 Å². The lowest BCUT2D eigenvalue weighted by molar-refractivity contribution is 0.837. The Morgan fingerprint density at radius 3 is 3.00 bits per heavy atom. The van der Waals surface area contributed by atoms with Crippen LogP contribution in [0.25, 0.3) is 15.7 Å². The molecule has 0 aliphatic heterocycles. The molecule has 0 aliphatic rings. The molecule has 0 radical (unpaired) electrons. The Kier molecular flexibility index (Phi) is 2.61. The highest BCUT2D eigenvalue weighted by Crippen LogP contribution is 2.26. The van der Waals surface area contributed by atoms with E-state index < -0.39 is 0 Å². The number of hydrogen-bond acceptors (Lipinski definition) is 7. The predicted molar refractivity (Wildman–Crippen MR) is 67.0 cm³/mol. The fourth-order valence-corrected chi connectivity index (χ4v) is 3.04. The van der Waals surface area contributed by atoms with Crippen molar-refractivity contribution in [2.24, 2.45) is 5.73 Å². The standard InChI is InChI=1S/C9H10N6S2/c1-2-6-12-13-9-15(6)14-8(17-9)5-4-16-7(3-10)11-5/h4H,2-3,10H2,1H3. The first-order valence-electron chi connectivity index (χ1n) is 5.17. The van der Waals surface area contributed by atoms with Crippen LogP contribution in [-0.2, 0) is 13.0 Å². The zero-order valence-electron chi connectivity index (χ0n) is 9.12. The van der Waals surface area contributed by atoms with Crippen LogP contribution >= 0.6 is 22.7 Å². The van der Waals surface area contributed by atoms with E-state index in [9.17, 15) is 0 Å². The topological polar surface area (TPSA) is 82.0 Å². The summed E-state index contributed by atoms with van der Waals surface area (Å²) in [6.45, 7) is 2.50. The van der Waals surface area contributed by atoms with E-state index >= 15 is 0 Å². The van der Waals surface area contributed by atoms with E-state index in [0.29, 0.717) is 6.54 Å². The quantitative estimate of drug-likeness (QED) is 0.773. The Morgan fingerprint density at radius 2 is 2.29 bits per heavy atom. The lowest BCUT2D eigenvalue weighted by atomic mass is 10.5. The molecule has 3 aromatic rings. The van der Waals surface area contributed by atoms with Gasteiger partial charge >= 0.3 is 0 Å². The third kappa shape index (κ3) is 1.74. The first-order valence-corrected chi connectivity index (χ1v) is 6.87. The molecule has 0 bridgehead atoms. The first-order chi connectivity index (χ1) is 8.31. The smallest absolute Gasteiger partial charge is 0.235 e. The van der Waals surface area contributed by atoms with Gasteiger partial charge in [0.2, 0.25) is 4.96 Å². The van der Waals surface area contributed by atoms with Crippen LogP contribution < -0.4 is 5.73 Å². The first kappa shape index (κ1) is 10.8. The average molecular weight is 266 g/mol. The van der Waals surface area contributed by atoms with Crippen molar-refractivity contribution in [1.29, 1.82) is 0 Å². The fourth-order valence-electron chi connectivity index (χ4n) is 1.48. The molecule has 0 unspecified atom stereocenters. The van der Waals surface area contributed by atoms with Crippen LogP contribution in [0.5, 0.6) is 0 Å². The van der Waals surface area contributed by atoms with Crippen molar-refractivity contribution in [2.45, 2.75) is 19.9 Å². The number of nitrogens with zero attached hydrogens (tertiary/aromatic N) is 5. The molecular weight excluding hydrogens is 256 g/mol. The molecular formula is C9H10N6S2. The van der Waals surface area contributed by atoms with Crippen molar-refractivity contribution >= 4 is 27.6 Å². The highest BCUT2D eigenvalue weighted by atomic mass is 32.1. The molecule has 3 rings (SSSR count). The third-order valence-corrected chi connectivity index (χ3v) is 4.11. The number of fused-ring (bicyclic) bond motifs is 1. The van der Waals surface area contributed by atoms with E-state index in [1.54, 1.807) is 15.9 Å². The summed E-state index contributed by atoms with van der Waals surface area (Å²) in [5.74, 6) is 0.872. The summed E-state index contributed by atoms with van der Waals surface area (Å²) in [6, 6.07) is 0. The summed E-state index contributed by atoms with van der Waals surface area (Å²) < 4.78 is 1.78. The summed E-state index contributed by atoms with van der Waals surface area (Å²) in [5, 5.41) is 16.4. The van der Waals surface area contributed by atoms with Crippen LogP contribution in [-0.4, -0.2) is 24.8 Å². The monoisotopic (exact) mass is 266 g/mol. The van der Waals surface area contributed by atoms with Gasteiger partial charge in [-0.25, -0.2) is 4.98 Å². The van der Waals surface area contributed by atoms with Crippen LogP contribution in [0.15, 0.2) is 5.38 Å². The Balaban J connectivity index is 2.08. The molecule has 6 nitrogen and oxygen atoms in total. The molecule has 8 heteroatoms. The Bertz CT molecular complexity index is 651. The predicted octanol–water partition coefficient (Wildman–Crippen LogP) is 1.33. The van der Waals surface area contributed by atoms with Gasteiger partial charge in [-0.05, 0) is 0 Å². The van der Waals surface area contributed by atoms with Gasteiger partial charge in [0.05, 0.1) is 0 Å². The maximum Gasteiger partial charge on any atom is 0.235 e. The van der Waals surface area contributed by atoms with Crippen molar-refractivity contribution in [3.63, 3.8) is 0 Å². The third-order valence-electron chi connectivity index (χ3n) is 2.32. The number of nitrogens with two attached hydrogens (primary N) is 1. The summed E-state index contributed by atoms with van der Waals surface area (Å²) in [6.07, 6.45) is 0.815. The van der Waals surface area contributed by atoms with E-state index in [2.05, 4.69) is 20.3 Å². The SMILES string of the molecule is CCc1nnc2sc(-c3csc(CN)n3)nn12. The Morgan fingerprint density at radius 1 is 1.41 bits per heavy atom. The zero-order chi connectivity index (χ0) is 11.8. The zero-order valence-corrected chi connectivity index (χ0v) is 10.8. The van der Waals surface area contributed by atoms with Gasteiger partial charge in [0.1, 0.15) is 10.7 Å². The Labute approximate surface area is 105 Å². The van der Waals surface area contributed by atoms with Crippen molar-refractivity contribution < 1.29 is 0 Å². The van der Waals surface area contributed by atoms with Crippen molar-refractivity contribution in [1.82, 2.24) is 24.8 Å². The fraction of sp³-hybridized carbons (Fsp3) is 0.333. The number of rotatable bonds is 3. The maximum atomic E-state index is 5.55. The molecule has 0 fully saturated rings. The van der Waals surface area contributed by atoms with Crippen molar-refractivity contribution in [3.05, 3.63) is 16.2 Å². The van der Waals surface area contributed by atoms with Gasteiger partial charge in [0, 0.05) is 18.3 Å². The van der Waals surface area contributed by atoms with Gasteiger partial charge in [0.15, 0.2) is 10.8 Å². The Hall–Kier alpha value is -1.38. The second-order valence-corrected chi connectivity index (χ2v) is 5.30. The number of aromatic nitrogens is 5. The van der Waals surface area contributed by atoms with Crippen LogP contribution in [0, 0.1) is 0 Å². The van der Waals surface area contributed by atoms with Crippen LogP contribution in [0.4, 0.5) is 0 Å². The van der Waals surface area contributed by atoms with Crippen molar-refractivity contribution in [2.75, 3.05) is 0 Å². The van der Waals surface area contributed by atoms with E-state index in [1.807, 2.05) is 12.3 Å². The second-order valence-electron chi connectivity index (χ2n) is 3.40. The maximum absolute atomic E-state index is 5.55. The van der Waals surface area contributed by atoms with Gasteiger partial charge in [-0.2, -0.15) is 9.61 Å². The molecule has 0 saturated heterocycles. The van der Waals surface area contributed by atoms with E-state index in [0.717, 1.165) is 32.9 Å². The van der Waals surface area contributed by atoms with Crippen LogP contribution in [0.1, 0.15) is 17.8 Å². The number of hydrogen-bond donors (Lipinski definition) is 1. The molecule has 2 N–H and O–H groups in total. The minimum atomic E-state index is 0.467. The summed E-state index contributed by atoms with van der Waals surface area (Å²) in [7, 11) is 0. The number of thiazole rings is 1. The molecule has 0 aliphatic carbocycles. The van der Waals surface area contributed by atoms with Crippen molar-refractivity contribution in [3.8, 4) is 10.7 Å². The highest BCUT2D eigenvalue weighted by molar-refractivity contribution is 7.20. The summed E-state index contributed by atoms with van der Waals surface area (Å²) in [5.41, 5.74) is 6.41. The lowest BCUT2D eigenvalue weighted by Crippen LogP contribution is -1.95. The van der Waals surface area contributed by atoms with E-state index in [-0.39, 0.29) is 0 Å². The lowest BCUT2D eigenvalue weighted by Gasteiger charge is -1.88. The molecule has 0 saturated carbocycles. The molecule has 3 heterocycles. The minimum absolute atomic E-state index is 0.467. The van der Waals surface area contributed by atoms with Gasteiger partial charge in [-0.15, -0.1) is 21.5 Å². The average Bonchev–Trinajstić information content (AvgIpc) is 3.02.